The largest absolute Gasteiger partial charge is 0.379 e. The highest BCUT2D eigenvalue weighted by atomic mass is 16.5. The van der Waals surface area contributed by atoms with E-state index in [9.17, 15) is 0 Å². The molecule has 0 aliphatic carbocycles. The van der Waals surface area contributed by atoms with Gasteiger partial charge in [0, 0.05) is 6.61 Å². The zero-order valence-corrected chi connectivity index (χ0v) is 11.0. The van der Waals surface area contributed by atoms with E-state index < -0.39 is 0 Å². The molecule has 0 N–H and O–H groups in total. The maximum atomic E-state index is 5.48. The minimum Gasteiger partial charge on any atom is -0.379 e. The SMILES string of the molecule is CC[N+](C)(C)CCCCOC(C)C.[CH3-]. The van der Waals surface area contributed by atoms with Gasteiger partial charge in [0.1, 0.15) is 0 Å². The molecule has 0 aromatic carbocycles. The number of unbranched alkanes of at least 4 members (excludes halogenated alkanes) is 1. The molecule has 88 valence electrons. The summed E-state index contributed by atoms with van der Waals surface area (Å²) < 4.78 is 6.61. The molecule has 0 heterocycles. The van der Waals surface area contributed by atoms with Crippen molar-refractivity contribution in [3.63, 3.8) is 0 Å². The summed E-state index contributed by atoms with van der Waals surface area (Å²) in [4.78, 5) is 0. The Morgan fingerprint density at radius 2 is 1.71 bits per heavy atom. The standard InChI is InChI=1S/C11H26NO.CH3/c1-6-12(4,5)9-7-8-10-13-11(2)3;/h11H,6-10H2,1-5H3;1H3/q+1;-1. The average Bonchev–Trinajstić information content (AvgIpc) is 2.03. The van der Waals surface area contributed by atoms with Crippen LogP contribution < -0.4 is 0 Å². The summed E-state index contributed by atoms with van der Waals surface area (Å²) in [6.45, 7) is 9.81. The van der Waals surface area contributed by atoms with Gasteiger partial charge in [-0.2, -0.15) is 0 Å². The van der Waals surface area contributed by atoms with E-state index in [1.807, 2.05) is 0 Å². The summed E-state index contributed by atoms with van der Waals surface area (Å²) >= 11 is 0. The molecule has 0 saturated heterocycles. The van der Waals surface area contributed by atoms with E-state index in [0.717, 1.165) is 11.1 Å². The molecular weight excluding hydrogens is 174 g/mol. The Morgan fingerprint density at radius 1 is 1.14 bits per heavy atom. The number of hydrogen-bond acceptors (Lipinski definition) is 1. The summed E-state index contributed by atoms with van der Waals surface area (Å²) in [7, 11) is 4.56. The summed E-state index contributed by atoms with van der Waals surface area (Å²) in [5.41, 5.74) is 0. The number of nitrogens with zero attached hydrogens (tertiary/aromatic N) is 1. The second-order valence-corrected chi connectivity index (χ2v) is 4.60. The van der Waals surface area contributed by atoms with Crippen LogP contribution in [0.1, 0.15) is 33.6 Å². The first-order valence-corrected chi connectivity index (χ1v) is 5.41. The van der Waals surface area contributed by atoms with Crippen LogP contribution in [0.15, 0.2) is 0 Å². The lowest BCUT2D eigenvalue weighted by Crippen LogP contribution is -2.40. The highest BCUT2D eigenvalue weighted by molar-refractivity contribution is 4.41. The van der Waals surface area contributed by atoms with Gasteiger partial charge >= 0.3 is 0 Å². The third kappa shape index (κ3) is 10.0. The zero-order chi connectivity index (χ0) is 10.3. The smallest absolute Gasteiger partial charge is 0.0783 e. The minimum atomic E-state index is 0. The van der Waals surface area contributed by atoms with Crippen molar-refractivity contribution < 1.29 is 9.22 Å². The highest BCUT2D eigenvalue weighted by Gasteiger charge is 2.10. The third-order valence-corrected chi connectivity index (χ3v) is 2.47. The van der Waals surface area contributed by atoms with Gasteiger partial charge in [0.25, 0.3) is 0 Å². The molecule has 2 heteroatoms. The van der Waals surface area contributed by atoms with E-state index in [-0.39, 0.29) is 7.43 Å². The fourth-order valence-corrected chi connectivity index (χ4v) is 1.12. The fourth-order valence-electron chi connectivity index (χ4n) is 1.12. The highest BCUT2D eigenvalue weighted by Crippen LogP contribution is 2.01. The van der Waals surface area contributed by atoms with Gasteiger partial charge in [0.15, 0.2) is 0 Å². The molecule has 0 spiro atoms. The molecule has 0 aromatic rings. The Labute approximate surface area is 90.8 Å². The molecule has 0 unspecified atom stereocenters. The first-order valence-electron chi connectivity index (χ1n) is 5.41. The predicted molar refractivity (Wildman–Crippen MR) is 64.3 cm³/mol. The van der Waals surface area contributed by atoms with Gasteiger partial charge in [0.2, 0.25) is 0 Å². The van der Waals surface area contributed by atoms with E-state index in [2.05, 4.69) is 34.9 Å². The molecule has 0 atom stereocenters. The lowest BCUT2D eigenvalue weighted by atomic mass is 10.3. The van der Waals surface area contributed by atoms with E-state index in [0.29, 0.717) is 6.10 Å². The Morgan fingerprint density at radius 3 is 2.14 bits per heavy atom. The Kier molecular flexibility index (Phi) is 9.63. The van der Waals surface area contributed by atoms with E-state index in [4.69, 9.17) is 4.74 Å². The van der Waals surface area contributed by atoms with Crippen LogP contribution in [0.4, 0.5) is 0 Å². The van der Waals surface area contributed by atoms with Crippen molar-refractivity contribution >= 4 is 0 Å². The van der Waals surface area contributed by atoms with Crippen LogP contribution in [-0.4, -0.2) is 44.4 Å². The number of quaternary nitrogens is 1. The zero-order valence-electron chi connectivity index (χ0n) is 11.0. The average molecular weight is 203 g/mol. The summed E-state index contributed by atoms with van der Waals surface area (Å²) in [6.07, 6.45) is 2.85. The molecule has 0 amide bonds. The van der Waals surface area contributed by atoms with Gasteiger partial charge in [0.05, 0.1) is 33.3 Å². The van der Waals surface area contributed by atoms with Crippen LogP contribution in [0.2, 0.25) is 0 Å². The number of ether oxygens (including phenoxy) is 1. The maximum absolute atomic E-state index is 5.48. The number of hydrogen-bond donors (Lipinski definition) is 0. The Hall–Kier alpha value is -0.0800. The van der Waals surface area contributed by atoms with Crippen molar-refractivity contribution in [2.45, 2.75) is 39.7 Å². The molecule has 14 heavy (non-hydrogen) atoms. The van der Waals surface area contributed by atoms with Gasteiger partial charge in [-0.1, -0.05) is 0 Å². The lowest BCUT2D eigenvalue weighted by Gasteiger charge is -2.28. The fraction of sp³-hybridized carbons (Fsp3) is 0.917. The van der Waals surface area contributed by atoms with E-state index in [1.54, 1.807) is 0 Å². The van der Waals surface area contributed by atoms with Crippen LogP contribution in [0.25, 0.3) is 0 Å². The molecule has 0 fully saturated rings. The predicted octanol–water partition coefficient (Wildman–Crippen LogP) is 2.74. The Bertz CT molecular complexity index is 121. The van der Waals surface area contributed by atoms with Crippen molar-refractivity contribution in [1.82, 2.24) is 0 Å². The van der Waals surface area contributed by atoms with Crippen molar-refractivity contribution in [2.75, 3.05) is 33.8 Å². The second kappa shape index (κ2) is 8.25. The van der Waals surface area contributed by atoms with Gasteiger partial charge in [-0.05, 0) is 33.6 Å². The third-order valence-electron chi connectivity index (χ3n) is 2.47. The molecule has 0 radical (unpaired) electrons. The molecule has 0 rings (SSSR count). The van der Waals surface area contributed by atoms with Crippen molar-refractivity contribution in [3.8, 4) is 0 Å². The Balaban J connectivity index is 0. The molecule has 0 saturated carbocycles. The molecule has 2 nitrogen and oxygen atoms in total. The monoisotopic (exact) mass is 203 g/mol. The van der Waals surface area contributed by atoms with Gasteiger partial charge in [-0.15, -0.1) is 0 Å². The quantitative estimate of drug-likeness (QED) is 0.351. The molecule has 0 bridgehead atoms. The van der Waals surface area contributed by atoms with E-state index >= 15 is 0 Å². The molecular formula is C12H29NO. The summed E-state index contributed by atoms with van der Waals surface area (Å²) in [6, 6.07) is 0. The second-order valence-electron chi connectivity index (χ2n) is 4.60. The van der Waals surface area contributed by atoms with Gasteiger partial charge < -0.3 is 16.6 Å². The molecule has 0 aliphatic rings. The van der Waals surface area contributed by atoms with Crippen molar-refractivity contribution in [1.29, 1.82) is 0 Å². The topological polar surface area (TPSA) is 9.23 Å². The van der Waals surface area contributed by atoms with Crippen LogP contribution >= 0.6 is 0 Å². The molecule has 0 aliphatic heterocycles. The van der Waals surface area contributed by atoms with Crippen LogP contribution in [0, 0.1) is 7.43 Å². The van der Waals surface area contributed by atoms with Crippen molar-refractivity contribution in [2.24, 2.45) is 0 Å². The van der Waals surface area contributed by atoms with Crippen LogP contribution in [0.5, 0.6) is 0 Å². The van der Waals surface area contributed by atoms with Gasteiger partial charge in [-0.3, -0.25) is 0 Å². The number of rotatable bonds is 7. The molecule has 0 aromatic heterocycles. The van der Waals surface area contributed by atoms with Gasteiger partial charge in [-0.25, -0.2) is 0 Å². The lowest BCUT2D eigenvalue weighted by molar-refractivity contribution is -0.888. The van der Waals surface area contributed by atoms with Crippen molar-refractivity contribution in [3.05, 3.63) is 7.43 Å². The van der Waals surface area contributed by atoms with E-state index in [1.165, 1.54) is 25.9 Å². The van der Waals surface area contributed by atoms with Crippen LogP contribution in [-0.2, 0) is 4.74 Å². The first kappa shape index (κ1) is 16.4. The first-order chi connectivity index (χ1) is 5.98. The summed E-state index contributed by atoms with van der Waals surface area (Å²) in [5.74, 6) is 0. The van der Waals surface area contributed by atoms with Crippen LogP contribution in [0.3, 0.4) is 0 Å². The maximum Gasteiger partial charge on any atom is 0.0783 e. The summed E-state index contributed by atoms with van der Waals surface area (Å²) in [5, 5.41) is 0. The normalized spacial score (nSPS) is 11.6. The minimum absolute atomic E-state index is 0.